The third-order valence-electron chi connectivity index (χ3n) is 3.85. The normalized spacial score (nSPS) is 11.3. The number of hydrogen-bond donors (Lipinski definition) is 0. The van der Waals surface area contributed by atoms with Gasteiger partial charge in [0.2, 0.25) is 0 Å². The van der Waals surface area contributed by atoms with Crippen molar-refractivity contribution in [3.05, 3.63) is 51.1 Å². The minimum atomic E-state index is -0.367. The van der Waals surface area contributed by atoms with Crippen molar-refractivity contribution >= 4 is 34.3 Å². The Morgan fingerprint density at radius 2 is 2.16 bits per heavy atom. The Bertz CT molecular complexity index is 939. The molecule has 0 aliphatic heterocycles. The monoisotopic (exact) mass is 379 g/mol. The van der Waals surface area contributed by atoms with E-state index < -0.39 is 0 Å². The van der Waals surface area contributed by atoms with Gasteiger partial charge in [-0.25, -0.2) is 4.79 Å². The maximum Gasteiger partial charge on any atom is 0.336 e. The standard InChI is InChI=1S/C17H18ClN3O3S/c1-3-11-6-15-13(8-14(11)18)12(7-16(22)24-15)9-25-17-20-19-10-21(17)4-5-23-2/h6-8,10H,3-5,9H2,1-2H3. The van der Waals surface area contributed by atoms with E-state index in [4.69, 9.17) is 20.8 Å². The number of aryl methyl sites for hydroxylation is 1. The average molecular weight is 380 g/mol. The fourth-order valence-corrected chi connectivity index (χ4v) is 3.75. The maximum atomic E-state index is 11.9. The van der Waals surface area contributed by atoms with Gasteiger partial charge in [-0.15, -0.1) is 10.2 Å². The van der Waals surface area contributed by atoms with Gasteiger partial charge in [-0.2, -0.15) is 0 Å². The highest BCUT2D eigenvalue weighted by Gasteiger charge is 2.12. The summed E-state index contributed by atoms with van der Waals surface area (Å²) in [5.41, 5.74) is 2.02. The van der Waals surface area contributed by atoms with Crippen molar-refractivity contribution in [2.75, 3.05) is 13.7 Å². The summed E-state index contributed by atoms with van der Waals surface area (Å²) in [6.07, 6.45) is 2.45. The summed E-state index contributed by atoms with van der Waals surface area (Å²) < 4.78 is 12.3. The Morgan fingerprint density at radius 3 is 2.92 bits per heavy atom. The molecule has 0 radical (unpaired) electrons. The van der Waals surface area contributed by atoms with E-state index in [-0.39, 0.29) is 5.63 Å². The SMILES string of the molecule is CCc1cc2oc(=O)cc(CSc3nncn3CCOC)c2cc1Cl. The van der Waals surface area contributed by atoms with E-state index in [1.807, 2.05) is 23.6 Å². The van der Waals surface area contributed by atoms with Gasteiger partial charge in [0.25, 0.3) is 0 Å². The minimum Gasteiger partial charge on any atom is -0.423 e. The fourth-order valence-electron chi connectivity index (χ4n) is 2.52. The molecule has 0 fully saturated rings. The summed E-state index contributed by atoms with van der Waals surface area (Å²) in [5, 5.41) is 10.4. The quantitative estimate of drug-likeness (QED) is 0.462. The van der Waals surface area contributed by atoms with Crippen LogP contribution in [0.15, 0.2) is 38.9 Å². The predicted molar refractivity (Wildman–Crippen MR) is 98.3 cm³/mol. The predicted octanol–water partition coefficient (Wildman–Crippen LogP) is 3.54. The smallest absolute Gasteiger partial charge is 0.336 e. The Hall–Kier alpha value is -1.83. The van der Waals surface area contributed by atoms with Crippen molar-refractivity contribution in [3.8, 4) is 0 Å². The molecule has 1 aromatic carbocycles. The van der Waals surface area contributed by atoms with E-state index in [0.29, 0.717) is 29.5 Å². The highest BCUT2D eigenvalue weighted by Crippen LogP contribution is 2.29. The highest BCUT2D eigenvalue weighted by atomic mass is 35.5. The fraction of sp³-hybridized carbons (Fsp3) is 0.353. The number of ether oxygens (including phenoxy) is 1. The van der Waals surface area contributed by atoms with Crippen LogP contribution in [0.4, 0.5) is 0 Å². The second kappa shape index (κ2) is 8.03. The molecule has 0 unspecified atom stereocenters. The van der Waals surface area contributed by atoms with Gasteiger partial charge in [0.15, 0.2) is 5.16 Å². The first-order valence-electron chi connectivity index (χ1n) is 7.87. The van der Waals surface area contributed by atoms with E-state index in [1.54, 1.807) is 13.4 Å². The van der Waals surface area contributed by atoms with Gasteiger partial charge in [0.1, 0.15) is 11.9 Å². The molecule has 8 heteroatoms. The number of nitrogens with zero attached hydrogens (tertiary/aromatic N) is 3. The Morgan fingerprint density at radius 1 is 1.32 bits per heavy atom. The molecule has 0 saturated heterocycles. The number of benzene rings is 1. The lowest BCUT2D eigenvalue weighted by atomic mass is 10.1. The lowest BCUT2D eigenvalue weighted by Crippen LogP contribution is -2.05. The molecule has 3 aromatic rings. The van der Waals surface area contributed by atoms with Crippen molar-refractivity contribution in [1.29, 1.82) is 0 Å². The molecule has 3 rings (SSSR count). The van der Waals surface area contributed by atoms with Gasteiger partial charge in [-0.1, -0.05) is 30.3 Å². The third kappa shape index (κ3) is 4.05. The zero-order valence-corrected chi connectivity index (χ0v) is 15.6. The molecule has 2 heterocycles. The van der Waals surface area contributed by atoms with Crippen LogP contribution in [-0.2, 0) is 23.5 Å². The average Bonchev–Trinajstić information content (AvgIpc) is 3.05. The van der Waals surface area contributed by atoms with Crippen molar-refractivity contribution in [2.24, 2.45) is 0 Å². The van der Waals surface area contributed by atoms with Gasteiger partial charge in [-0.05, 0) is 29.7 Å². The van der Waals surface area contributed by atoms with Crippen LogP contribution >= 0.6 is 23.4 Å². The topological polar surface area (TPSA) is 70.2 Å². The number of thioether (sulfide) groups is 1. The van der Waals surface area contributed by atoms with Gasteiger partial charge in [0, 0.05) is 35.9 Å². The van der Waals surface area contributed by atoms with Crippen LogP contribution < -0.4 is 5.63 Å². The zero-order valence-electron chi connectivity index (χ0n) is 14.0. The first kappa shape index (κ1) is 18.0. The number of halogens is 1. The second-order valence-corrected chi connectivity index (χ2v) is 6.82. The lowest BCUT2D eigenvalue weighted by Gasteiger charge is -2.09. The van der Waals surface area contributed by atoms with Crippen LogP contribution in [0.2, 0.25) is 5.02 Å². The van der Waals surface area contributed by atoms with E-state index in [1.165, 1.54) is 17.8 Å². The number of rotatable bonds is 7. The Kier molecular flexibility index (Phi) is 5.78. The van der Waals surface area contributed by atoms with Crippen molar-refractivity contribution in [2.45, 2.75) is 30.8 Å². The van der Waals surface area contributed by atoms with Crippen molar-refractivity contribution in [1.82, 2.24) is 14.8 Å². The lowest BCUT2D eigenvalue weighted by molar-refractivity contribution is 0.184. The molecule has 0 aliphatic carbocycles. The summed E-state index contributed by atoms with van der Waals surface area (Å²) in [7, 11) is 1.65. The third-order valence-corrected chi connectivity index (χ3v) is 5.23. The number of aromatic nitrogens is 3. The first-order valence-corrected chi connectivity index (χ1v) is 9.23. The Labute approximate surface area is 154 Å². The summed E-state index contributed by atoms with van der Waals surface area (Å²) in [5.74, 6) is 0.565. The van der Waals surface area contributed by atoms with Crippen molar-refractivity contribution in [3.63, 3.8) is 0 Å². The van der Waals surface area contributed by atoms with E-state index in [0.717, 1.165) is 28.1 Å². The molecule has 0 spiro atoms. The van der Waals surface area contributed by atoms with Gasteiger partial charge < -0.3 is 13.7 Å². The summed E-state index contributed by atoms with van der Waals surface area (Å²) >= 11 is 7.84. The maximum absolute atomic E-state index is 11.9. The molecule has 0 amide bonds. The molecule has 132 valence electrons. The van der Waals surface area contributed by atoms with Gasteiger partial charge >= 0.3 is 5.63 Å². The molecule has 0 bridgehead atoms. The van der Waals surface area contributed by atoms with Crippen LogP contribution in [0, 0.1) is 0 Å². The largest absolute Gasteiger partial charge is 0.423 e. The van der Waals surface area contributed by atoms with E-state index >= 15 is 0 Å². The van der Waals surface area contributed by atoms with Crippen molar-refractivity contribution < 1.29 is 9.15 Å². The van der Waals surface area contributed by atoms with Crippen LogP contribution in [0.1, 0.15) is 18.1 Å². The minimum absolute atomic E-state index is 0.367. The first-order chi connectivity index (χ1) is 12.1. The molecule has 6 nitrogen and oxygen atoms in total. The number of fused-ring (bicyclic) bond motifs is 1. The summed E-state index contributed by atoms with van der Waals surface area (Å²) in [6, 6.07) is 5.21. The molecule has 0 saturated carbocycles. The van der Waals surface area contributed by atoms with Crippen LogP contribution in [-0.4, -0.2) is 28.5 Å². The molecule has 2 aromatic heterocycles. The molecule has 25 heavy (non-hydrogen) atoms. The van der Waals surface area contributed by atoms with E-state index in [2.05, 4.69) is 10.2 Å². The van der Waals surface area contributed by atoms with Gasteiger partial charge in [0.05, 0.1) is 6.61 Å². The molecular formula is C17H18ClN3O3S. The van der Waals surface area contributed by atoms with Crippen LogP contribution in [0.25, 0.3) is 11.0 Å². The Balaban J connectivity index is 1.90. The molecule has 0 aliphatic rings. The van der Waals surface area contributed by atoms with E-state index in [9.17, 15) is 4.79 Å². The summed E-state index contributed by atoms with van der Waals surface area (Å²) in [6.45, 7) is 3.27. The second-order valence-electron chi connectivity index (χ2n) is 5.47. The number of methoxy groups -OCH3 is 1. The number of hydrogen-bond acceptors (Lipinski definition) is 6. The zero-order chi connectivity index (χ0) is 17.8. The van der Waals surface area contributed by atoms with Crippen LogP contribution in [0.3, 0.4) is 0 Å². The summed E-state index contributed by atoms with van der Waals surface area (Å²) in [4.78, 5) is 11.9. The van der Waals surface area contributed by atoms with Gasteiger partial charge in [-0.3, -0.25) is 0 Å². The molecular weight excluding hydrogens is 362 g/mol. The highest BCUT2D eigenvalue weighted by molar-refractivity contribution is 7.98. The van der Waals surface area contributed by atoms with Crippen LogP contribution in [0.5, 0.6) is 0 Å². The molecule has 0 N–H and O–H groups in total. The molecule has 0 atom stereocenters.